The van der Waals surface area contributed by atoms with Crippen LogP contribution in [0.25, 0.3) is 0 Å². The number of nitrogens with zero attached hydrogens (tertiary/aromatic N) is 1. The molecule has 0 aliphatic carbocycles. The minimum Gasteiger partial charge on any atom is -0.479 e. The van der Waals surface area contributed by atoms with Crippen LogP contribution < -0.4 is 4.74 Å². The molecule has 1 aliphatic heterocycles. The lowest BCUT2D eigenvalue weighted by atomic mass is 10.0. The fourth-order valence-corrected chi connectivity index (χ4v) is 5.25. The third-order valence-corrected chi connectivity index (χ3v) is 7.21. The molecular formula is C24H17Cl3FNO4S. The minimum atomic E-state index is -1.11. The lowest BCUT2D eigenvalue weighted by molar-refractivity contribution is -0.138. The molecule has 34 heavy (non-hydrogen) atoms. The van der Waals surface area contributed by atoms with Crippen LogP contribution in [0.3, 0.4) is 0 Å². The van der Waals surface area contributed by atoms with E-state index in [2.05, 4.69) is 0 Å². The van der Waals surface area contributed by atoms with E-state index in [-0.39, 0.29) is 17.9 Å². The van der Waals surface area contributed by atoms with E-state index in [4.69, 9.17) is 39.5 Å². The number of benzene rings is 3. The standard InChI is InChI=1S/C24H17Cl3FNO4S/c25-15-4-1-13(2-5-15)21(17-7-6-16(26)12-18(17)27)33-20-8-3-14(11-19(20)28)22(30)29-9-10-34-23(29)24(31)32/h1-8,11-12,21,23H,9-10H2,(H,31,32). The number of rotatable bonds is 6. The Balaban J connectivity index is 1.65. The van der Waals surface area contributed by atoms with Gasteiger partial charge in [0.05, 0.1) is 0 Å². The van der Waals surface area contributed by atoms with Crippen LogP contribution in [0.15, 0.2) is 60.7 Å². The molecule has 0 spiro atoms. The average molecular weight is 541 g/mol. The monoisotopic (exact) mass is 539 g/mol. The summed E-state index contributed by atoms with van der Waals surface area (Å²) in [7, 11) is 0. The van der Waals surface area contributed by atoms with Crippen LogP contribution in [0.5, 0.6) is 5.75 Å². The van der Waals surface area contributed by atoms with Gasteiger partial charge in [-0.2, -0.15) is 0 Å². The number of hydrogen-bond acceptors (Lipinski definition) is 4. The number of ether oxygens (including phenoxy) is 1. The minimum absolute atomic E-state index is 0.0335. The molecule has 3 aromatic carbocycles. The Kier molecular flexibility index (Phi) is 7.57. The molecule has 3 aromatic rings. The molecule has 1 heterocycles. The number of halogens is 4. The van der Waals surface area contributed by atoms with Crippen molar-refractivity contribution in [3.8, 4) is 5.75 Å². The molecule has 0 aromatic heterocycles. The number of thioether (sulfide) groups is 1. The molecule has 5 nitrogen and oxygen atoms in total. The zero-order valence-corrected chi connectivity index (χ0v) is 20.5. The van der Waals surface area contributed by atoms with Crippen LogP contribution in [0.4, 0.5) is 4.39 Å². The first-order chi connectivity index (χ1) is 16.2. The van der Waals surface area contributed by atoms with E-state index in [0.29, 0.717) is 31.9 Å². The topological polar surface area (TPSA) is 66.8 Å². The van der Waals surface area contributed by atoms with Crippen molar-refractivity contribution in [2.75, 3.05) is 12.3 Å². The fraction of sp³-hybridized carbons (Fsp3) is 0.167. The first-order valence-corrected chi connectivity index (χ1v) is 12.2. The molecule has 1 N–H and O–H groups in total. The van der Waals surface area contributed by atoms with Gasteiger partial charge in [0.25, 0.3) is 5.91 Å². The molecule has 4 rings (SSSR count). The summed E-state index contributed by atoms with van der Waals surface area (Å²) in [6.07, 6.45) is -0.788. The summed E-state index contributed by atoms with van der Waals surface area (Å²) < 4.78 is 21.1. The number of hydrogen-bond donors (Lipinski definition) is 1. The van der Waals surface area contributed by atoms with Gasteiger partial charge in [-0.05, 0) is 48.0 Å². The largest absolute Gasteiger partial charge is 0.479 e. The Morgan fingerprint density at radius 2 is 1.74 bits per heavy atom. The van der Waals surface area contributed by atoms with Crippen LogP contribution >= 0.6 is 46.6 Å². The summed E-state index contributed by atoms with van der Waals surface area (Å²) in [5.74, 6) is -2.04. The van der Waals surface area contributed by atoms with Crippen molar-refractivity contribution >= 4 is 58.4 Å². The molecule has 1 saturated heterocycles. The van der Waals surface area contributed by atoms with Gasteiger partial charge >= 0.3 is 5.97 Å². The predicted octanol–water partition coefficient (Wildman–Crippen LogP) is 6.55. The Bertz CT molecular complexity index is 1240. The van der Waals surface area contributed by atoms with E-state index in [0.717, 1.165) is 17.8 Å². The fourth-order valence-electron chi connectivity index (χ4n) is 3.57. The summed E-state index contributed by atoms with van der Waals surface area (Å²) in [5, 5.41) is 9.63. The van der Waals surface area contributed by atoms with Crippen LogP contribution in [0.2, 0.25) is 15.1 Å². The number of carboxylic acid groups (broad SMARTS) is 1. The number of carboxylic acids is 1. The van der Waals surface area contributed by atoms with E-state index in [1.165, 1.54) is 17.0 Å². The van der Waals surface area contributed by atoms with Crippen molar-refractivity contribution in [1.29, 1.82) is 0 Å². The van der Waals surface area contributed by atoms with Crippen molar-refractivity contribution in [2.24, 2.45) is 0 Å². The second-order valence-corrected chi connectivity index (χ2v) is 9.89. The quantitative estimate of drug-likeness (QED) is 0.384. The van der Waals surface area contributed by atoms with Gasteiger partial charge in [0.15, 0.2) is 23.0 Å². The van der Waals surface area contributed by atoms with Crippen molar-refractivity contribution in [3.63, 3.8) is 0 Å². The predicted molar refractivity (Wildman–Crippen MR) is 132 cm³/mol. The molecule has 1 amide bonds. The molecule has 0 saturated carbocycles. The van der Waals surface area contributed by atoms with Gasteiger partial charge in [0, 0.05) is 38.5 Å². The van der Waals surface area contributed by atoms with Crippen molar-refractivity contribution in [1.82, 2.24) is 4.90 Å². The molecule has 0 radical (unpaired) electrons. The van der Waals surface area contributed by atoms with E-state index < -0.39 is 29.2 Å². The zero-order valence-electron chi connectivity index (χ0n) is 17.4. The summed E-state index contributed by atoms with van der Waals surface area (Å²) in [6, 6.07) is 15.5. The molecule has 2 unspecified atom stereocenters. The van der Waals surface area contributed by atoms with Crippen LogP contribution in [-0.2, 0) is 4.79 Å². The van der Waals surface area contributed by atoms with Gasteiger partial charge in [-0.25, -0.2) is 9.18 Å². The second kappa shape index (κ2) is 10.4. The Morgan fingerprint density at radius 3 is 2.38 bits per heavy atom. The third kappa shape index (κ3) is 5.28. The SMILES string of the molecule is O=C(O)C1SCCN1C(=O)c1ccc(OC(c2ccc(Cl)cc2)c2ccc(Cl)cc2Cl)c(F)c1. The highest BCUT2D eigenvalue weighted by atomic mass is 35.5. The molecule has 1 aliphatic rings. The molecule has 1 fully saturated rings. The molecule has 176 valence electrons. The average Bonchev–Trinajstić information content (AvgIpc) is 3.29. The molecular weight excluding hydrogens is 524 g/mol. The third-order valence-electron chi connectivity index (χ3n) is 5.20. The first kappa shape index (κ1) is 24.7. The maximum atomic E-state index is 15.1. The van der Waals surface area contributed by atoms with Crippen molar-refractivity contribution in [3.05, 3.63) is 98.2 Å². The highest BCUT2D eigenvalue weighted by molar-refractivity contribution is 8.00. The van der Waals surface area contributed by atoms with Gasteiger partial charge in [0.2, 0.25) is 0 Å². The smallest absolute Gasteiger partial charge is 0.337 e. The zero-order chi connectivity index (χ0) is 24.4. The van der Waals surface area contributed by atoms with E-state index in [1.54, 1.807) is 42.5 Å². The van der Waals surface area contributed by atoms with Gasteiger partial charge < -0.3 is 14.7 Å². The second-order valence-electron chi connectivity index (χ2n) is 7.42. The van der Waals surface area contributed by atoms with Gasteiger partial charge in [-0.3, -0.25) is 4.79 Å². The van der Waals surface area contributed by atoms with Gasteiger partial charge in [-0.1, -0.05) is 53.0 Å². The normalized spacial score (nSPS) is 16.4. The number of carbonyl (C=O) groups is 2. The highest BCUT2D eigenvalue weighted by Crippen LogP contribution is 2.36. The van der Waals surface area contributed by atoms with Crippen LogP contribution in [0.1, 0.15) is 27.6 Å². The molecule has 0 bridgehead atoms. The summed E-state index contributed by atoms with van der Waals surface area (Å²) in [4.78, 5) is 25.4. The van der Waals surface area contributed by atoms with Crippen molar-refractivity contribution in [2.45, 2.75) is 11.5 Å². The number of aliphatic carboxylic acids is 1. The summed E-state index contributed by atoms with van der Waals surface area (Å²) in [5.41, 5.74) is 1.27. The lowest BCUT2D eigenvalue weighted by Crippen LogP contribution is -2.39. The van der Waals surface area contributed by atoms with Gasteiger partial charge in [-0.15, -0.1) is 11.8 Å². The van der Waals surface area contributed by atoms with Crippen LogP contribution in [0, 0.1) is 5.82 Å². The maximum Gasteiger partial charge on any atom is 0.337 e. The van der Waals surface area contributed by atoms with E-state index in [9.17, 15) is 14.7 Å². The Labute approximate surface area is 214 Å². The van der Waals surface area contributed by atoms with Gasteiger partial charge in [0.1, 0.15) is 0 Å². The lowest BCUT2D eigenvalue weighted by Gasteiger charge is -2.23. The maximum absolute atomic E-state index is 15.1. The van der Waals surface area contributed by atoms with E-state index in [1.807, 2.05) is 0 Å². The number of amides is 1. The molecule has 2 atom stereocenters. The summed E-state index contributed by atoms with van der Waals surface area (Å²) >= 11 is 19.6. The van der Waals surface area contributed by atoms with Crippen molar-refractivity contribution < 1.29 is 23.8 Å². The number of carbonyl (C=O) groups excluding carboxylic acids is 1. The van der Waals surface area contributed by atoms with Crippen LogP contribution in [-0.4, -0.2) is 39.6 Å². The molecule has 10 heteroatoms. The highest BCUT2D eigenvalue weighted by Gasteiger charge is 2.35. The van der Waals surface area contributed by atoms with E-state index >= 15 is 4.39 Å². The Hall–Kier alpha value is -2.45. The summed E-state index contributed by atoms with van der Waals surface area (Å²) in [6.45, 7) is 0.272. The first-order valence-electron chi connectivity index (χ1n) is 10.1. The Morgan fingerprint density at radius 1 is 1.03 bits per heavy atom.